The molecule has 31 heavy (non-hydrogen) atoms. The van der Waals surface area contributed by atoms with Gasteiger partial charge in [0.15, 0.2) is 0 Å². The number of nitrogens with zero attached hydrogens (tertiary/aromatic N) is 2. The van der Waals surface area contributed by atoms with Crippen LogP contribution in [0.15, 0.2) is 24.3 Å². The van der Waals surface area contributed by atoms with Crippen molar-refractivity contribution in [2.24, 2.45) is 0 Å². The Labute approximate surface area is 183 Å². The molecule has 1 aromatic carbocycles. The van der Waals surface area contributed by atoms with Crippen LogP contribution >= 0.6 is 0 Å². The second-order valence-electron chi connectivity index (χ2n) is 9.49. The van der Waals surface area contributed by atoms with Gasteiger partial charge in [-0.15, -0.1) is 0 Å². The number of aryl methyl sites for hydroxylation is 1. The van der Waals surface area contributed by atoms with Crippen molar-refractivity contribution in [3.05, 3.63) is 35.4 Å². The van der Waals surface area contributed by atoms with E-state index in [1.165, 1.54) is 4.90 Å². The summed E-state index contributed by atoms with van der Waals surface area (Å²) in [5.74, 6) is -0.560. The summed E-state index contributed by atoms with van der Waals surface area (Å²) in [5.41, 5.74) is 0.518. The first-order valence-corrected chi connectivity index (χ1v) is 11.2. The fraction of sp³-hybridized carbons (Fsp3) is 0.583. The van der Waals surface area contributed by atoms with Crippen LogP contribution in [0.2, 0.25) is 0 Å². The monoisotopic (exact) mass is 425 g/mol. The molecule has 1 N–H and O–H groups in total. The zero-order valence-corrected chi connectivity index (χ0v) is 18.5. The van der Waals surface area contributed by atoms with Crippen LogP contribution in [0.5, 0.6) is 0 Å². The number of imide groups is 1. The van der Waals surface area contributed by atoms with Crippen molar-refractivity contribution >= 4 is 23.6 Å². The fourth-order valence-electron chi connectivity index (χ4n) is 5.03. The van der Waals surface area contributed by atoms with E-state index >= 15 is 0 Å². The van der Waals surface area contributed by atoms with Crippen LogP contribution in [0.25, 0.3) is 0 Å². The van der Waals surface area contributed by atoms with Gasteiger partial charge in [0.25, 0.3) is 0 Å². The lowest BCUT2D eigenvalue weighted by Gasteiger charge is -2.34. The molecule has 2 aliphatic heterocycles. The molecule has 166 valence electrons. The number of rotatable bonds is 7. The van der Waals surface area contributed by atoms with E-state index < -0.39 is 5.41 Å². The van der Waals surface area contributed by atoms with E-state index in [2.05, 4.69) is 5.32 Å². The van der Waals surface area contributed by atoms with Gasteiger partial charge < -0.3 is 10.2 Å². The molecule has 4 amide bonds. The van der Waals surface area contributed by atoms with Crippen LogP contribution in [-0.2, 0) is 24.6 Å². The zero-order chi connectivity index (χ0) is 22.3. The van der Waals surface area contributed by atoms with Crippen LogP contribution < -0.4 is 5.32 Å². The van der Waals surface area contributed by atoms with Crippen molar-refractivity contribution in [2.75, 3.05) is 6.54 Å². The number of hydrogen-bond acceptors (Lipinski definition) is 4. The Balaban J connectivity index is 1.65. The second-order valence-corrected chi connectivity index (χ2v) is 9.49. The molecule has 3 aliphatic rings. The average Bonchev–Trinajstić information content (AvgIpc) is 3.40. The molecule has 0 unspecified atom stereocenters. The Hall–Kier alpha value is -2.70. The third-order valence-corrected chi connectivity index (χ3v) is 6.82. The predicted molar refractivity (Wildman–Crippen MR) is 115 cm³/mol. The highest BCUT2D eigenvalue weighted by atomic mass is 16.2. The fourth-order valence-corrected chi connectivity index (χ4v) is 5.03. The van der Waals surface area contributed by atoms with Crippen molar-refractivity contribution in [3.8, 4) is 0 Å². The number of benzene rings is 1. The standard InChI is InChI=1S/C24H31N3O4/c1-15(2)26(14-17-8-11-20(28)25-17)21(29)12-24(19-7-5-4-6-16(19)3)13-22(30)27(23(24)31)18-9-10-18/h4-7,15,17-18H,8-14H2,1-3H3,(H,25,28)/t17-,24+/m1/s1. The molecular weight excluding hydrogens is 394 g/mol. The quantitative estimate of drug-likeness (QED) is 0.678. The average molecular weight is 426 g/mol. The maximum atomic E-state index is 13.7. The van der Waals surface area contributed by atoms with Crippen molar-refractivity contribution < 1.29 is 19.2 Å². The Bertz CT molecular complexity index is 923. The molecule has 1 aliphatic carbocycles. The van der Waals surface area contributed by atoms with E-state index in [9.17, 15) is 19.2 Å². The Morgan fingerprint density at radius 2 is 1.90 bits per heavy atom. The van der Waals surface area contributed by atoms with Crippen molar-refractivity contribution in [3.63, 3.8) is 0 Å². The maximum absolute atomic E-state index is 13.7. The molecular formula is C24H31N3O4. The van der Waals surface area contributed by atoms with Crippen molar-refractivity contribution in [1.29, 1.82) is 0 Å². The summed E-state index contributed by atoms with van der Waals surface area (Å²) in [4.78, 5) is 54.9. The summed E-state index contributed by atoms with van der Waals surface area (Å²) < 4.78 is 0. The van der Waals surface area contributed by atoms with Crippen LogP contribution in [0.3, 0.4) is 0 Å². The van der Waals surface area contributed by atoms with Gasteiger partial charge in [0.1, 0.15) is 0 Å². The van der Waals surface area contributed by atoms with E-state index in [1.807, 2.05) is 45.0 Å². The molecule has 1 saturated carbocycles. The lowest BCUT2D eigenvalue weighted by Crippen LogP contribution is -2.49. The summed E-state index contributed by atoms with van der Waals surface area (Å²) in [7, 11) is 0. The largest absolute Gasteiger partial charge is 0.352 e. The SMILES string of the molecule is Cc1ccccc1[C@]1(CC(=O)N(C[C@H]2CCC(=O)N2)C(C)C)CC(=O)N(C2CC2)C1=O. The predicted octanol–water partition coefficient (Wildman–Crippen LogP) is 2.06. The highest BCUT2D eigenvalue weighted by Gasteiger charge is 2.57. The normalized spacial score (nSPS) is 26.0. The van der Waals surface area contributed by atoms with Gasteiger partial charge in [0, 0.05) is 43.9 Å². The van der Waals surface area contributed by atoms with E-state index in [0.717, 1.165) is 24.0 Å². The molecule has 7 nitrogen and oxygen atoms in total. The van der Waals surface area contributed by atoms with Gasteiger partial charge in [0.2, 0.25) is 23.6 Å². The summed E-state index contributed by atoms with van der Waals surface area (Å²) >= 11 is 0. The molecule has 3 fully saturated rings. The molecule has 1 aromatic rings. The summed E-state index contributed by atoms with van der Waals surface area (Å²) in [5, 5.41) is 2.92. The maximum Gasteiger partial charge on any atom is 0.241 e. The first kappa shape index (κ1) is 21.5. The Morgan fingerprint density at radius 3 is 2.48 bits per heavy atom. The Kier molecular flexibility index (Phi) is 5.62. The van der Waals surface area contributed by atoms with Gasteiger partial charge in [-0.2, -0.15) is 0 Å². The van der Waals surface area contributed by atoms with Crippen molar-refractivity contribution in [1.82, 2.24) is 15.1 Å². The molecule has 2 saturated heterocycles. The van der Waals surface area contributed by atoms with Crippen molar-refractivity contribution in [2.45, 2.75) is 82.8 Å². The molecule has 4 rings (SSSR count). The van der Waals surface area contributed by atoms with E-state index in [1.54, 1.807) is 4.90 Å². The molecule has 0 aromatic heterocycles. The highest BCUT2D eigenvalue weighted by Crippen LogP contribution is 2.45. The lowest BCUT2D eigenvalue weighted by atomic mass is 9.73. The summed E-state index contributed by atoms with van der Waals surface area (Å²) in [6.07, 6.45) is 2.85. The minimum Gasteiger partial charge on any atom is -0.352 e. The van der Waals surface area contributed by atoms with Gasteiger partial charge in [-0.25, -0.2) is 0 Å². The molecule has 0 spiro atoms. The molecule has 0 bridgehead atoms. The summed E-state index contributed by atoms with van der Waals surface area (Å²) in [6, 6.07) is 7.39. The number of carbonyl (C=O) groups is 4. The van der Waals surface area contributed by atoms with Gasteiger partial charge in [-0.1, -0.05) is 24.3 Å². The Morgan fingerprint density at radius 1 is 1.19 bits per heavy atom. The smallest absolute Gasteiger partial charge is 0.241 e. The second kappa shape index (κ2) is 8.09. The minimum atomic E-state index is -1.16. The lowest BCUT2D eigenvalue weighted by molar-refractivity contribution is -0.143. The first-order valence-electron chi connectivity index (χ1n) is 11.2. The van der Waals surface area contributed by atoms with Gasteiger partial charge in [-0.3, -0.25) is 24.1 Å². The van der Waals surface area contributed by atoms with Crippen LogP contribution in [0.1, 0.15) is 63.5 Å². The number of hydrogen-bond donors (Lipinski definition) is 1. The van der Waals surface area contributed by atoms with Gasteiger partial charge in [0.05, 0.1) is 5.41 Å². The minimum absolute atomic E-state index is 0.00850. The molecule has 2 heterocycles. The summed E-state index contributed by atoms with van der Waals surface area (Å²) in [6.45, 7) is 6.22. The highest BCUT2D eigenvalue weighted by molar-refractivity contribution is 6.11. The molecule has 0 radical (unpaired) electrons. The van der Waals surface area contributed by atoms with E-state index in [4.69, 9.17) is 0 Å². The number of nitrogens with one attached hydrogen (secondary N) is 1. The number of amides is 4. The molecule has 2 atom stereocenters. The molecule has 7 heteroatoms. The zero-order valence-electron chi connectivity index (χ0n) is 18.5. The van der Waals surface area contributed by atoms with Gasteiger partial charge >= 0.3 is 0 Å². The van der Waals surface area contributed by atoms with Crippen LogP contribution in [-0.4, -0.2) is 58.1 Å². The third kappa shape index (κ3) is 3.98. The van der Waals surface area contributed by atoms with E-state index in [0.29, 0.717) is 19.4 Å². The van der Waals surface area contributed by atoms with E-state index in [-0.39, 0.29) is 54.6 Å². The van der Waals surface area contributed by atoms with Crippen LogP contribution in [0.4, 0.5) is 0 Å². The van der Waals surface area contributed by atoms with Gasteiger partial charge in [-0.05, 0) is 51.2 Å². The third-order valence-electron chi connectivity index (χ3n) is 6.82. The first-order chi connectivity index (χ1) is 14.7. The van der Waals surface area contributed by atoms with Crippen LogP contribution in [0, 0.1) is 6.92 Å². The topological polar surface area (TPSA) is 86.8 Å². The number of likely N-dealkylation sites (tertiary alicyclic amines) is 1. The number of carbonyl (C=O) groups excluding carboxylic acids is 4.